The number of hydrogen-bond donors (Lipinski definition) is 2. The summed E-state index contributed by atoms with van der Waals surface area (Å²) in [7, 11) is 0. The van der Waals surface area contributed by atoms with Gasteiger partial charge in [-0.05, 0) is 43.5 Å². The van der Waals surface area contributed by atoms with E-state index in [1.807, 2.05) is 0 Å². The Balaban J connectivity index is 2.01. The van der Waals surface area contributed by atoms with Gasteiger partial charge in [0.25, 0.3) is 5.91 Å². The van der Waals surface area contributed by atoms with E-state index in [9.17, 15) is 18.4 Å². The third-order valence-corrected chi connectivity index (χ3v) is 3.52. The van der Waals surface area contributed by atoms with Crippen LogP contribution in [0, 0.1) is 0 Å². The number of carboxylic acid groups (broad SMARTS) is 1. The Kier molecular flexibility index (Phi) is 4.40. The number of alkyl halides is 2. The zero-order valence-corrected chi connectivity index (χ0v) is 11.1. The molecule has 21 heavy (non-hydrogen) atoms. The smallest absolute Gasteiger partial charge is 0.387 e. The van der Waals surface area contributed by atoms with E-state index in [1.54, 1.807) is 0 Å². The molecule has 0 radical (unpaired) electrons. The zero-order valence-electron chi connectivity index (χ0n) is 11.1. The van der Waals surface area contributed by atoms with Crippen molar-refractivity contribution in [3.05, 3.63) is 29.8 Å². The molecule has 0 aliphatic heterocycles. The summed E-state index contributed by atoms with van der Waals surface area (Å²) in [6, 6.07) is 5.26. The van der Waals surface area contributed by atoms with E-state index >= 15 is 0 Å². The van der Waals surface area contributed by atoms with E-state index in [1.165, 1.54) is 24.3 Å². The van der Waals surface area contributed by atoms with Crippen molar-refractivity contribution in [1.82, 2.24) is 5.32 Å². The quantitative estimate of drug-likeness (QED) is 0.846. The number of nitrogens with one attached hydrogen (secondary N) is 1. The number of aliphatic carboxylic acids is 1. The molecule has 1 fully saturated rings. The number of carbonyl (C=O) groups is 2. The second-order valence-electron chi connectivity index (χ2n) is 5.06. The molecule has 0 heterocycles. The minimum Gasteiger partial charge on any atom is -0.481 e. The third-order valence-electron chi connectivity index (χ3n) is 3.52. The summed E-state index contributed by atoms with van der Waals surface area (Å²) < 4.78 is 28.2. The molecule has 1 aliphatic carbocycles. The molecule has 5 nitrogen and oxygen atoms in total. The largest absolute Gasteiger partial charge is 0.481 e. The van der Waals surface area contributed by atoms with E-state index in [0.29, 0.717) is 12.8 Å². The molecular formula is C14H15F2NO4. The molecule has 0 aromatic heterocycles. The SMILES string of the molecule is O=C(O)CC1(NC(=O)c2ccc(OC(F)F)cc2)CCC1. The first-order valence-corrected chi connectivity index (χ1v) is 6.49. The van der Waals surface area contributed by atoms with Crippen LogP contribution in [0.3, 0.4) is 0 Å². The molecule has 7 heteroatoms. The summed E-state index contributed by atoms with van der Waals surface area (Å²) in [5.41, 5.74) is -0.422. The van der Waals surface area contributed by atoms with Crippen molar-refractivity contribution in [1.29, 1.82) is 0 Å². The Morgan fingerprint density at radius 3 is 2.33 bits per heavy atom. The van der Waals surface area contributed by atoms with E-state index in [0.717, 1.165) is 6.42 Å². The number of amides is 1. The highest BCUT2D eigenvalue weighted by atomic mass is 19.3. The maximum absolute atomic E-state index is 12.1. The Bertz CT molecular complexity index is 526. The minimum atomic E-state index is -2.92. The third kappa shape index (κ3) is 3.90. The molecule has 114 valence electrons. The highest BCUT2D eigenvalue weighted by Gasteiger charge is 2.40. The average Bonchev–Trinajstić information content (AvgIpc) is 2.35. The maximum Gasteiger partial charge on any atom is 0.387 e. The fourth-order valence-electron chi connectivity index (χ4n) is 2.34. The molecular weight excluding hydrogens is 284 g/mol. The summed E-state index contributed by atoms with van der Waals surface area (Å²) in [4.78, 5) is 22.9. The van der Waals surface area contributed by atoms with Crippen molar-refractivity contribution in [2.24, 2.45) is 0 Å². The van der Waals surface area contributed by atoms with Gasteiger partial charge in [-0.25, -0.2) is 0 Å². The first-order chi connectivity index (χ1) is 9.90. The van der Waals surface area contributed by atoms with Crippen LogP contribution < -0.4 is 10.1 Å². The highest BCUT2D eigenvalue weighted by Crippen LogP contribution is 2.35. The first kappa shape index (κ1) is 15.2. The highest BCUT2D eigenvalue weighted by molar-refractivity contribution is 5.95. The van der Waals surface area contributed by atoms with Crippen LogP contribution in [0.1, 0.15) is 36.0 Å². The van der Waals surface area contributed by atoms with Crippen molar-refractivity contribution in [3.8, 4) is 5.75 Å². The molecule has 0 bridgehead atoms. The van der Waals surface area contributed by atoms with Crippen molar-refractivity contribution in [3.63, 3.8) is 0 Å². The molecule has 0 saturated heterocycles. The van der Waals surface area contributed by atoms with Crippen molar-refractivity contribution >= 4 is 11.9 Å². The van der Waals surface area contributed by atoms with Gasteiger partial charge in [0, 0.05) is 5.56 Å². The molecule has 2 N–H and O–H groups in total. The van der Waals surface area contributed by atoms with Crippen LogP contribution in [-0.2, 0) is 4.79 Å². The van der Waals surface area contributed by atoms with Crippen molar-refractivity contribution in [2.45, 2.75) is 37.8 Å². The Hall–Kier alpha value is -2.18. The fourth-order valence-corrected chi connectivity index (χ4v) is 2.34. The van der Waals surface area contributed by atoms with Crippen LogP contribution in [-0.4, -0.2) is 29.1 Å². The van der Waals surface area contributed by atoms with Gasteiger partial charge in [-0.1, -0.05) is 0 Å². The predicted molar refractivity (Wildman–Crippen MR) is 69.4 cm³/mol. The normalized spacial score (nSPS) is 16.1. The number of benzene rings is 1. The number of rotatable bonds is 6. The van der Waals surface area contributed by atoms with E-state index in [2.05, 4.69) is 10.1 Å². The number of hydrogen-bond acceptors (Lipinski definition) is 3. The topological polar surface area (TPSA) is 75.6 Å². The molecule has 1 aromatic carbocycles. The molecule has 1 amide bonds. The summed E-state index contributed by atoms with van der Waals surface area (Å²) in [6.07, 6.45) is 2.00. The predicted octanol–water partition coefficient (Wildman–Crippen LogP) is 2.42. The fraction of sp³-hybridized carbons (Fsp3) is 0.429. The Labute approximate surface area is 119 Å². The molecule has 0 unspecified atom stereocenters. The van der Waals surface area contributed by atoms with E-state index in [-0.39, 0.29) is 17.7 Å². The van der Waals surface area contributed by atoms with Gasteiger partial charge in [-0.2, -0.15) is 8.78 Å². The van der Waals surface area contributed by atoms with Gasteiger partial charge < -0.3 is 15.2 Å². The molecule has 1 saturated carbocycles. The maximum atomic E-state index is 12.1. The summed E-state index contributed by atoms with van der Waals surface area (Å²) >= 11 is 0. The lowest BCUT2D eigenvalue weighted by molar-refractivity contribution is -0.139. The average molecular weight is 299 g/mol. The summed E-state index contributed by atoms with van der Waals surface area (Å²) in [5, 5.41) is 11.6. The number of halogens is 2. The summed E-state index contributed by atoms with van der Waals surface area (Å²) in [6.45, 7) is -2.92. The summed E-state index contributed by atoms with van der Waals surface area (Å²) in [5.74, 6) is -1.42. The lowest BCUT2D eigenvalue weighted by Crippen LogP contribution is -2.54. The molecule has 1 aliphatic rings. The van der Waals surface area contributed by atoms with Crippen LogP contribution in [0.5, 0.6) is 5.75 Å². The standard InChI is InChI=1S/C14H15F2NO4/c15-13(16)21-10-4-2-9(3-5-10)12(20)17-14(6-1-7-14)8-11(18)19/h2-5,13H,1,6-8H2,(H,17,20)(H,18,19). The Morgan fingerprint density at radius 2 is 1.90 bits per heavy atom. The van der Waals surface area contributed by atoms with E-state index < -0.39 is 24.0 Å². The van der Waals surface area contributed by atoms with Crippen LogP contribution >= 0.6 is 0 Å². The second kappa shape index (κ2) is 6.07. The monoisotopic (exact) mass is 299 g/mol. The molecule has 2 rings (SSSR count). The molecule has 1 aromatic rings. The number of carbonyl (C=O) groups excluding carboxylic acids is 1. The van der Waals surface area contributed by atoms with Crippen LogP contribution in [0.4, 0.5) is 8.78 Å². The molecule has 0 spiro atoms. The van der Waals surface area contributed by atoms with Gasteiger partial charge >= 0.3 is 12.6 Å². The minimum absolute atomic E-state index is 0.0366. The van der Waals surface area contributed by atoms with Gasteiger partial charge in [0.1, 0.15) is 5.75 Å². The lowest BCUT2D eigenvalue weighted by atomic mass is 9.74. The second-order valence-corrected chi connectivity index (χ2v) is 5.06. The van der Waals surface area contributed by atoms with Gasteiger partial charge in [0.15, 0.2) is 0 Å². The van der Waals surface area contributed by atoms with Crippen molar-refractivity contribution < 1.29 is 28.2 Å². The first-order valence-electron chi connectivity index (χ1n) is 6.49. The van der Waals surface area contributed by atoms with E-state index in [4.69, 9.17) is 5.11 Å². The van der Waals surface area contributed by atoms with Crippen molar-refractivity contribution in [2.75, 3.05) is 0 Å². The Morgan fingerprint density at radius 1 is 1.29 bits per heavy atom. The lowest BCUT2D eigenvalue weighted by Gasteiger charge is -2.41. The number of ether oxygens (including phenoxy) is 1. The van der Waals surface area contributed by atoms with Gasteiger partial charge in [-0.15, -0.1) is 0 Å². The number of carboxylic acids is 1. The van der Waals surface area contributed by atoms with Gasteiger partial charge in [0.05, 0.1) is 12.0 Å². The van der Waals surface area contributed by atoms with Gasteiger partial charge in [0.2, 0.25) is 0 Å². The van der Waals surface area contributed by atoms with Gasteiger partial charge in [-0.3, -0.25) is 9.59 Å². The zero-order chi connectivity index (χ0) is 15.5. The van der Waals surface area contributed by atoms with Crippen LogP contribution in [0.15, 0.2) is 24.3 Å². The molecule has 0 atom stereocenters. The van der Waals surface area contributed by atoms with Crippen LogP contribution in [0.25, 0.3) is 0 Å². The van der Waals surface area contributed by atoms with Crippen LogP contribution in [0.2, 0.25) is 0 Å².